The van der Waals surface area contributed by atoms with Gasteiger partial charge in [-0.25, -0.2) is 4.98 Å². The van der Waals surface area contributed by atoms with Crippen LogP contribution >= 0.6 is 35.3 Å². The molecule has 3 rings (SSSR count). The third kappa shape index (κ3) is 5.74. The van der Waals surface area contributed by atoms with Gasteiger partial charge in [-0.05, 0) is 19.1 Å². The number of hydrogen-bond donors (Lipinski definition) is 2. The van der Waals surface area contributed by atoms with Crippen molar-refractivity contribution in [1.82, 2.24) is 10.3 Å². The van der Waals surface area contributed by atoms with Crippen molar-refractivity contribution in [3.8, 4) is 11.5 Å². The Bertz CT molecular complexity index is 720. The summed E-state index contributed by atoms with van der Waals surface area (Å²) in [6.07, 6.45) is 3.68. The van der Waals surface area contributed by atoms with Crippen molar-refractivity contribution >= 4 is 47.0 Å². The molecule has 0 saturated heterocycles. The van der Waals surface area contributed by atoms with Crippen molar-refractivity contribution in [1.29, 1.82) is 0 Å². The number of aliphatic imine (C=N–C) groups is 1. The van der Waals surface area contributed by atoms with Gasteiger partial charge in [0.25, 0.3) is 0 Å². The maximum atomic E-state index is 5.71. The second-order valence-corrected chi connectivity index (χ2v) is 6.77. The predicted octanol–water partition coefficient (Wildman–Crippen LogP) is 3.46. The highest BCUT2D eigenvalue weighted by Gasteiger charge is 2.11. The molecule has 0 fully saturated rings. The Hall–Kier alpha value is -1.55. The highest BCUT2D eigenvalue weighted by atomic mass is 127. The van der Waals surface area contributed by atoms with Crippen LogP contribution in [0.15, 0.2) is 29.4 Å². The number of halogens is 1. The van der Waals surface area contributed by atoms with Crippen molar-refractivity contribution in [3.05, 3.63) is 34.3 Å². The summed E-state index contributed by atoms with van der Waals surface area (Å²) < 4.78 is 11.4. The maximum Gasteiger partial charge on any atom is 0.195 e. The van der Waals surface area contributed by atoms with Crippen LogP contribution < -0.4 is 20.1 Å². The number of nitrogens with zero attached hydrogens (tertiary/aromatic N) is 2. The van der Waals surface area contributed by atoms with Crippen molar-refractivity contribution in [2.75, 3.05) is 32.1 Å². The summed E-state index contributed by atoms with van der Waals surface area (Å²) in [5.41, 5.74) is 0.914. The third-order valence-electron chi connectivity index (χ3n) is 3.53. The minimum atomic E-state index is 0. The molecule has 1 aromatic heterocycles. The number of guanidine groups is 1. The van der Waals surface area contributed by atoms with E-state index in [-0.39, 0.29) is 24.0 Å². The number of hydrogen-bond acceptors (Lipinski definition) is 5. The molecule has 0 atom stereocenters. The molecule has 0 aliphatic carbocycles. The van der Waals surface area contributed by atoms with E-state index in [0.29, 0.717) is 13.2 Å². The predicted molar refractivity (Wildman–Crippen MR) is 113 cm³/mol. The van der Waals surface area contributed by atoms with Gasteiger partial charge in [0, 0.05) is 49.3 Å². The number of anilines is 1. The Balaban J connectivity index is 0.00000225. The Kier molecular flexibility index (Phi) is 7.76. The van der Waals surface area contributed by atoms with E-state index in [2.05, 4.69) is 27.5 Å². The first-order chi connectivity index (χ1) is 11.7. The van der Waals surface area contributed by atoms with Gasteiger partial charge in [-0.1, -0.05) is 0 Å². The van der Waals surface area contributed by atoms with Crippen LogP contribution in [0, 0.1) is 6.92 Å². The minimum absolute atomic E-state index is 0. The van der Waals surface area contributed by atoms with Crippen LogP contribution in [0.2, 0.25) is 0 Å². The number of thiazole rings is 1. The molecule has 0 amide bonds. The summed E-state index contributed by atoms with van der Waals surface area (Å²) in [4.78, 5) is 9.86. The molecule has 0 bridgehead atoms. The fourth-order valence-electron chi connectivity index (χ4n) is 2.36. The number of fused-ring (bicyclic) bond motifs is 1. The zero-order valence-corrected chi connectivity index (χ0v) is 17.5. The molecule has 1 aromatic carbocycles. The topological polar surface area (TPSA) is 67.8 Å². The second-order valence-electron chi connectivity index (χ2n) is 5.45. The molecule has 8 heteroatoms. The van der Waals surface area contributed by atoms with E-state index in [0.717, 1.165) is 47.5 Å². The normalized spacial score (nSPS) is 13.6. The third-order valence-corrected chi connectivity index (χ3v) is 4.51. The van der Waals surface area contributed by atoms with E-state index >= 15 is 0 Å². The summed E-state index contributed by atoms with van der Waals surface area (Å²) in [5.74, 6) is 2.28. The first kappa shape index (κ1) is 19.8. The largest absolute Gasteiger partial charge is 0.490 e. The van der Waals surface area contributed by atoms with Gasteiger partial charge in [-0.2, -0.15) is 0 Å². The molecule has 2 aromatic rings. The lowest BCUT2D eigenvalue weighted by Crippen LogP contribution is -2.32. The average molecular weight is 474 g/mol. The van der Waals surface area contributed by atoms with Gasteiger partial charge in [-0.15, -0.1) is 35.3 Å². The maximum absolute atomic E-state index is 5.71. The zero-order valence-electron chi connectivity index (χ0n) is 14.4. The molecule has 25 heavy (non-hydrogen) atoms. The summed E-state index contributed by atoms with van der Waals surface area (Å²) in [6, 6.07) is 5.83. The summed E-state index contributed by atoms with van der Waals surface area (Å²) in [7, 11) is 1.76. The monoisotopic (exact) mass is 474 g/mol. The first-order valence-corrected chi connectivity index (χ1v) is 8.85. The van der Waals surface area contributed by atoms with Crippen molar-refractivity contribution < 1.29 is 9.47 Å². The van der Waals surface area contributed by atoms with Crippen LogP contribution in [0.4, 0.5) is 5.69 Å². The van der Waals surface area contributed by atoms with Crippen molar-refractivity contribution in [2.45, 2.75) is 19.8 Å². The molecule has 0 saturated carbocycles. The van der Waals surface area contributed by atoms with Gasteiger partial charge in [0.2, 0.25) is 0 Å². The standard InChI is InChI=1S/C17H22N4O2S.HI/c1-12-11-20-16(24-12)6-7-19-17(18-2)21-13-4-5-14-15(10-13)23-9-3-8-22-14;/h4-5,10-11H,3,6-9H2,1-2H3,(H2,18,19,21);1H. The number of aryl methyl sites for hydroxylation is 1. The van der Waals surface area contributed by atoms with Gasteiger partial charge in [-0.3, -0.25) is 4.99 Å². The van der Waals surface area contributed by atoms with Gasteiger partial charge >= 0.3 is 0 Å². The van der Waals surface area contributed by atoms with Crippen molar-refractivity contribution in [3.63, 3.8) is 0 Å². The van der Waals surface area contributed by atoms with Crippen molar-refractivity contribution in [2.24, 2.45) is 4.99 Å². The smallest absolute Gasteiger partial charge is 0.195 e. The SMILES string of the molecule is CN=C(NCCc1ncc(C)s1)Nc1ccc2c(c1)OCCCO2.I. The van der Waals surface area contributed by atoms with Crippen LogP contribution in [0.5, 0.6) is 11.5 Å². The number of rotatable bonds is 4. The van der Waals surface area contributed by atoms with Crippen LogP contribution in [0.25, 0.3) is 0 Å². The summed E-state index contributed by atoms with van der Waals surface area (Å²) in [6.45, 7) is 4.21. The lowest BCUT2D eigenvalue weighted by Gasteiger charge is -2.13. The average Bonchev–Trinajstić information content (AvgIpc) is 2.86. The van der Waals surface area contributed by atoms with E-state index in [4.69, 9.17) is 9.47 Å². The molecule has 1 aliphatic rings. The number of benzene rings is 1. The molecular weight excluding hydrogens is 451 g/mol. The molecule has 6 nitrogen and oxygen atoms in total. The fraction of sp³-hybridized carbons (Fsp3) is 0.412. The van der Waals surface area contributed by atoms with E-state index in [1.54, 1.807) is 18.4 Å². The van der Waals surface area contributed by atoms with E-state index < -0.39 is 0 Å². The van der Waals surface area contributed by atoms with Crippen LogP contribution in [-0.2, 0) is 6.42 Å². The Labute approximate surface area is 169 Å². The second kappa shape index (κ2) is 9.81. The van der Waals surface area contributed by atoms with Crippen LogP contribution in [0.3, 0.4) is 0 Å². The zero-order chi connectivity index (χ0) is 16.8. The quantitative estimate of drug-likeness (QED) is 0.404. The number of nitrogens with one attached hydrogen (secondary N) is 2. The Morgan fingerprint density at radius 2 is 2.08 bits per heavy atom. The van der Waals surface area contributed by atoms with Gasteiger partial charge in [0.15, 0.2) is 17.5 Å². The van der Waals surface area contributed by atoms with Gasteiger partial charge in [0.05, 0.1) is 18.2 Å². The molecule has 0 radical (unpaired) electrons. The van der Waals surface area contributed by atoms with Gasteiger partial charge < -0.3 is 20.1 Å². The molecule has 0 spiro atoms. The Morgan fingerprint density at radius 3 is 2.80 bits per heavy atom. The lowest BCUT2D eigenvalue weighted by atomic mass is 10.3. The number of aromatic nitrogens is 1. The fourth-order valence-corrected chi connectivity index (χ4v) is 3.15. The highest BCUT2D eigenvalue weighted by Crippen LogP contribution is 2.32. The first-order valence-electron chi connectivity index (χ1n) is 8.03. The highest BCUT2D eigenvalue weighted by molar-refractivity contribution is 14.0. The van der Waals surface area contributed by atoms with E-state index in [9.17, 15) is 0 Å². The molecule has 0 unspecified atom stereocenters. The molecular formula is C17H23IN4O2S. The van der Waals surface area contributed by atoms with E-state index in [1.165, 1.54) is 4.88 Å². The molecule has 2 heterocycles. The number of ether oxygens (including phenoxy) is 2. The summed E-state index contributed by atoms with van der Waals surface area (Å²) in [5, 5.41) is 7.71. The minimum Gasteiger partial charge on any atom is -0.490 e. The summed E-state index contributed by atoms with van der Waals surface area (Å²) >= 11 is 1.73. The lowest BCUT2D eigenvalue weighted by molar-refractivity contribution is 0.297. The van der Waals surface area contributed by atoms with Gasteiger partial charge in [0.1, 0.15) is 0 Å². The molecule has 1 aliphatic heterocycles. The Morgan fingerprint density at radius 1 is 1.28 bits per heavy atom. The molecule has 136 valence electrons. The van der Waals surface area contributed by atoms with E-state index in [1.807, 2.05) is 24.4 Å². The van der Waals surface area contributed by atoms with Crippen LogP contribution in [0.1, 0.15) is 16.3 Å². The molecule has 2 N–H and O–H groups in total. The van der Waals surface area contributed by atoms with Crippen LogP contribution in [-0.4, -0.2) is 37.7 Å².